The summed E-state index contributed by atoms with van der Waals surface area (Å²) in [6, 6.07) is 14.0. The van der Waals surface area contributed by atoms with E-state index in [-0.39, 0.29) is 5.91 Å². The summed E-state index contributed by atoms with van der Waals surface area (Å²) >= 11 is 0. The molecule has 0 saturated carbocycles. The molecule has 0 aliphatic carbocycles. The van der Waals surface area contributed by atoms with E-state index in [4.69, 9.17) is 0 Å². The van der Waals surface area contributed by atoms with Crippen molar-refractivity contribution in [3.05, 3.63) is 65.9 Å². The van der Waals surface area contributed by atoms with Crippen LogP contribution in [-0.2, 0) is 0 Å². The number of nitrogens with one attached hydrogen (secondary N) is 1. The lowest BCUT2D eigenvalue weighted by atomic mass is 10.2. The minimum Gasteiger partial charge on any atom is -0.370 e. The molecule has 0 bridgehead atoms. The smallest absolute Gasteiger partial charge is 0.254 e. The third-order valence-electron chi connectivity index (χ3n) is 4.98. The number of benzene rings is 1. The highest BCUT2D eigenvalue weighted by atomic mass is 16.2. The minimum atomic E-state index is 0.0976. The van der Waals surface area contributed by atoms with Crippen molar-refractivity contribution < 1.29 is 4.79 Å². The highest BCUT2D eigenvalue weighted by Gasteiger charge is 2.21. The first kappa shape index (κ1) is 20.1. The highest BCUT2D eigenvalue weighted by molar-refractivity contribution is 5.94. The van der Waals surface area contributed by atoms with Crippen LogP contribution < -0.4 is 5.32 Å². The zero-order valence-electron chi connectivity index (χ0n) is 16.7. The number of unbranched alkanes of at least 4 members (excludes halogenated alkanes) is 1. The number of nitrogens with zero attached hydrogens (tertiary/aromatic N) is 3. The van der Waals surface area contributed by atoms with Gasteiger partial charge in [-0.3, -0.25) is 9.69 Å². The maximum absolute atomic E-state index is 12.8. The van der Waals surface area contributed by atoms with Gasteiger partial charge in [0.1, 0.15) is 5.82 Å². The van der Waals surface area contributed by atoms with E-state index < -0.39 is 0 Å². The van der Waals surface area contributed by atoms with Gasteiger partial charge in [0.05, 0.1) is 0 Å². The maximum atomic E-state index is 12.8. The number of amides is 1. The first-order valence-corrected chi connectivity index (χ1v) is 10.2. The highest BCUT2D eigenvalue weighted by Crippen LogP contribution is 2.12. The Hall–Kier alpha value is -2.66. The van der Waals surface area contributed by atoms with Gasteiger partial charge in [-0.15, -0.1) is 0 Å². The van der Waals surface area contributed by atoms with Gasteiger partial charge in [-0.25, -0.2) is 4.98 Å². The molecule has 28 heavy (non-hydrogen) atoms. The van der Waals surface area contributed by atoms with E-state index in [0.717, 1.165) is 57.9 Å². The van der Waals surface area contributed by atoms with Crippen molar-refractivity contribution in [2.75, 3.05) is 44.6 Å². The number of pyridine rings is 1. The van der Waals surface area contributed by atoms with Gasteiger partial charge in [-0.2, -0.15) is 0 Å². The number of aromatic nitrogens is 1. The Morgan fingerprint density at radius 2 is 1.93 bits per heavy atom. The first-order valence-electron chi connectivity index (χ1n) is 10.2. The van der Waals surface area contributed by atoms with Crippen LogP contribution in [0, 0.1) is 0 Å². The van der Waals surface area contributed by atoms with E-state index in [0.29, 0.717) is 5.56 Å². The summed E-state index contributed by atoms with van der Waals surface area (Å²) in [5.41, 5.74) is 1.93. The van der Waals surface area contributed by atoms with Crippen molar-refractivity contribution in [2.24, 2.45) is 0 Å². The fourth-order valence-corrected chi connectivity index (χ4v) is 3.27. The van der Waals surface area contributed by atoms with Gasteiger partial charge < -0.3 is 10.2 Å². The molecule has 0 spiro atoms. The van der Waals surface area contributed by atoms with Crippen molar-refractivity contribution in [1.82, 2.24) is 14.8 Å². The van der Waals surface area contributed by atoms with Crippen LogP contribution in [0.25, 0.3) is 6.08 Å². The molecular formula is C23H30N4O. The molecule has 1 fully saturated rings. The largest absolute Gasteiger partial charge is 0.370 e. The number of hydrogen-bond acceptors (Lipinski definition) is 4. The molecule has 2 heterocycles. The number of carbonyl (C=O) groups excluding carboxylic acids is 1. The van der Waals surface area contributed by atoms with Gasteiger partial charge in [0.25, 0.3) is 5.91 Å². The number of anilines is 1. The Balaban J connectivity index is 1.47. The second-order valence-electron chi connectivity index (χ2n) is 7.12. The van der Waals surface area contributed by atoms with Gasteiger partial charge in [-0.1, -0.05) is 55.8 Å². The molecule has 1 amide bonds. The SMILES string of the molecule is CCCCNc1cc(C(=O)N2CCN(C/C=C/c3ccccc3)CC2)ccn1. The molecule has 0 unspecified atom stereocenters. The van der Waals surface area contributed by atoms with Gasteiger partial charge in [0.2, 0.25) is 0 Å². The van der Waals surface area contributed by atoms with Crippen molar-refractivity contribution in [3.63, 3.8) is 0 Å². The molecule has 3 rings (SSSR count). The quantitative estimate of drug-likeness (QED) is 0.711. The molecule has 1 aromatic heterocycles. The lowest BCUT2D eigenvalue weighted by Gasteiger charge is -2.34. The summed E-state index contributed by atoms with van der Waals surface area (Å²) in [6.45, 7) is 7.28. The zero-order chi connectivity index (χ0) is 19.6. The lowest BCUT2D eigenvalue weighted by molar-refractivity contribution is 0.0650. The molecule has 1 saturated heterocycles. The summed E-state index contributed by atoms with van der Waals surface area (Å²) < 4.78 is 0. The standard InChI is InChI=1S/C23H30N4O/c1-2-3-12-24-22-19-21(11-13-25-22)23(28)27-17-15-26(16-18-27)14-7-10-20-8-5-4-6-9-20/h4-11,13,19H,2-3,12,14-18H2,1H3,(H,24,25)/b10-7+. The van der Waals surface area contributed by atoms with Crippen molar-refractivity contribution in [3.8, 4) is 0 Å². The molecule has 1 aliphatic rings. The van der Waals surface area contributed by atoms with Crippen LogP contribution in [0.2, 0.25) is 0 Å². The second kappa shape index (κ2) is 10.6. The van der Waals surface area contributed by atoms with Gasteiger partial charge >= 0.3 is 0 Å². The lowest BCUT2D eigenvalue weighted by Crippen LogP contribution is -2.48. The van der Waals surface area contributed by atoms with Crippen LogP contribution >= 0.6 is 0 Å². The summed E-state index contributed by atoms with van der Waals surface area (Å²) in [7, 11) is 0. The molecule has 1 N–H and O–H groups in total. The molecule has 0 atom stereocenters. The van der Waals surface area contributed by atoms with E-state index in [1.807, 2.05) is 35.2 Å². The Bertz CT molecular complexity index is 767. The third-order valence-corrected chi connectivity index (χ3v) is 4.98. The molecule has 1 aromatic carbocycles. The first-order chi connectivity index (χ1) is 13.8. The van der Waals surface area contributed by atoms with Crippen LogP contribution in [0.3, 0.4) is 0 Å². The fraction of sp³-hybridized carbons (Fsp3) is 0.391. The van der Waals surface area contributed by atoms with E-state index in [1.54, 1.807) is 6.20 Å². The summed E-state index contributed by atoms with van der Waals surface area (Å²) in [6.07, 6.45) is 8.30. The molecule has 1 aliphatic heterocycles. The van der Waals surface area contributed by atoms with Crippen molar-refractivity contribution in [1.29, 1.82) is 0 Å². The molecule has 148 valence electrons. The van der Waals surface area contributed by atoms with Crippen molar-refractivity contribution in [2.45, 2.75) is 19.8 Å². The van der Waals surface area contributed by atoms with E-state index in [1.165, 1.54) is 5.56 Å². The molecule has 5 heteroatoms. The van der Waals surface area contributed by atoms with E-state index >= 15 is 0 Å². The van der Waals surface area contributed by atoms with Crippen LogP contribution in [0.4, 0.5) is 5.82 Å². The molecular weight excluding hydrogens is 348 g/mol. The normalized spacial score (nSPS) is 15.1. The Morgan fingerprint density at radius 1 is 1.14 bits per heavy atom. The predicted octanol–water partition coefficient (Wildman–Crippen LogP) is 3.76. The topological polar surface area (TPSA) is 48.5 Å². The van der Waals surface area contributed by atoms with Crippen molar-refractivity contribution >= 4 is 17.8 Å². The van der Waals surface area contributed by atoms with Crippen LogP contribution in [0.15, 0.2) is 54.7 Å². The number of rotatable bonds is 8. The predicted molar refractivity (Wildman–Crippen MR) is 115 cm³/mol. The monoisotopic (exact) mass is 378 g/mol. The zero-order valence-corrected chi connectivity index (χ0v) is 16.7. The van der Waals surface area contributed by atoms with Crippen LogP contribution in [0.1, 0.15) is 35.7 Å². The summed E-state index contributed by atoms with van der Waals surface area (Å²) in [5, 5.41) is 3.29. The Morgan fingerprint density at radius 3 is 2.68 bits per heavy atom. The molecule has 0 radical (unpaired) electrons. The van der Waals surface area contributed by atoms with Gasteiger partial charge in [-0.05, 0) is 24.1 Å². The average Bonchev–Trinajstić information content (AvgIpc) is 2.75. The fourth-order valence-electron chi connectivity index (χ4n) is 3.27. The minimum absolute atomic E-state index is 0.0976. The number of carbonyl (C=O) groups is 1. The second-order valence-corrected chi connectivity index (χ2v) is 7.12. The molecule has 2 aromatic rings. The van der Waals surface area contributed by atoms with Gasteiger partial charge in [0.15, 0.2) is 0 Å². The molecule has 5 nitrogen and oxygen atoms in total. The number of piperazine rings is 1. The average molecular weight is 379 g/mol. The number of hydrogen-bond donors (Lipinski definition) is 1. The Kier molecular flexibility index (Phi) is 7.62. The third kappa shape index (κ3) is 5.92. The Labute approximate surface area is 168 Å². The van der Waals surface area contributed by atoms with E-state index in [2.05, 4.69) is 46.4 Å². The summed E-state index contributed by atoms with van der Waals surface area (Å²) in [4.78, 5) is 21.5. The van der Waals surface area contributed by atoms with Crippen LogP contribution in [-0.4, -0.2) is 60.0 Å². The maximum Gasteiger partial charge on any atom is 0.254 e. The summed E-state index contributed by atoms with van der Waals surface area (Å²) in [5.74, 6) is 0.879. The van der Waals surface area contributed by atoms with E-state index in [9.17, 15) is 4.79 Å². The van der Waals surface area contributed by atoms with Gasteiger partial charge in [0, 0.05) is 51.0 Å². The van der Waals surface area contributed by atoms with Crippen LogP contribution in [0.5, 0.6) is 0 Å².